The van der Waals surface area contributed by atoms with Crippen molar-refractivity contribution in [3.63, 3.8) is 0 Å². The van der Waals surface area contributed by atoms with Crippen LogP contribution in [0.15, 0.2) is 16.6 Å². The topological polar surface area (TPSA) is 49.9 Å². The fraction of sp³-hybridized carbons (Fsp3) is 0.125. The highest BCUT2D eigenvalue weighted by molar-refractivity contribution is 9.10. The first-order chi connectivity index (χ1) is 6.02. The summed E-state index contributed by atoms with van der Waals surface area (Å²) < 4.78 is 25.7. The summed E-state index contributed by atoms with van der Waals surface area (Å²) in [6, 6.07) is 2.41. The molecule has 0 saturated heterocycles. The molecule has 3 N–H and O–H groups in total. The number of halogens is 3. The van der Waals surface area contributed by atoms with Crippen molar-refractivity contribution in [2.75, 3.05) is 0 Å². The van der Waals surface area contributed by atoms with E-state index >= 15 is 0 Å². The Morgan fingerprint density at radius 2 is 2.08 bits per heavy atom. The van der Waals surface area contributed by atoms with Crippen molar-refractivity contribution in [2.24, 2.45) is 5.73 Å². The van der Waals surface area contributed by atoms with Crippen LogP contribution in [-0.4, -0.2) is 5.84 Å². The van der Waals surface area contributed by atoms with Crippen LogP contribution < -0.4 is 5.73 Å². The lowest BCUT2D eigenvalue weighted by Crippen LogP contribution is -2.14. The van der Waals surface area contributed by atoms with Crippen LogP contribution in [0, 0.1) is 17.0 Å². The maximum Gasteiger partial charge on any atom is 0.143 e. The van der Waals surface area contributed by atoms with Gasteiger partial charge in [-0.3, -0.25) is 5.41 Å². The smallest absolute Gasteiger partial charge is 0.143 e. The third-order valence-electron chi connectivity index (χ3n) is 1.50. The molecule has 0 amide bonds. The maximum absolute atomic E-state index is 13.2. The molecule has 0 fully saturated rings. The normalized spacial score (nSPS) is 10.1. The first kappa shape index (κ1) is 10.1. The quantitative estimate of drug-likeness (QED) is 0.471. The molecule has 0 aromatic heterocycles. The predicted octanol–water partition coefficient (Wildman–Crippen LogP) is 2.21. The summed E-state index contributed by atoms with van der Waals surface area (Å²) in [4.78, 5) is 0. The SMILES string of the molecule is N=C(N)Cc1ccc(F)c(Br)c1F. The Labute approximate surface area is 82.4 Å². The van der Waals surface area contributed by atoms with Gasteiger partial charge in [0.15, 0.2) is 0 Å². The summed E-state index contributed by atoms with van der Waals surface area (Å²) in [6.45, 7) is 0. The molecule has 0 bridgehead atoms. The monoisotopic (exact) mass is 248 g/mol. The molecule has 0 radical (unpaired) electrons. The number of nitrogens with two attached hydrogens (primary N) is 1. The van der Waals surface area contributed by atoms with Crippen molar-refractivity contribution in [3.8, 4) is 0 Å². The minimum atomic E-state index is -0.699. The van der Waals surface area contributed by atoms with Gasteiger partial charge in [-0.05, 0) is 27.6 Å². The maximum atomic E-state index is 13.2. The highest BCUT2D eigenvalue weighted by Crippen LogP contribution is 2.22. The van der Waals surface area contributed by atoms with E-state index in [1.165, 1.54) is 6.07 Å². The second-order valence-corrected chi connectivity index (χ2v) is 3.33. The van der Waals surface area contributed by atoms with Crippen molar-refractivity contribution in [1.29, 1.82) is 5.41 Å². The lowest BCUT2D eigenvalue weighted by Gasteiger charge is -2.03. The van der Waals surface area contributed by atoms with Gasteiger partial charge in [-0.1, -0.05) is 6.07 Å². The molecule has 0 unspecified atom stereocenters. The number of amidine groups is 1. The summed E-state index contributed by atoms with van der Waals surface area (Å²) in [7, 11) is 0. The van der Waals surface area contributed by atoms with Crippen molar-refractivity contribution in [2.45, 2.75) is 6.42 Å². The molecular weight excluding hydrogens is 242 g/mol. The number of hydrogen-bond donors (Lipinski definition) is 2. The molecule has 1 aromatic carbocycles. The van der Waals surface area contributed by atoms with E-state index in [4.69, 9.17) is 11.1 Å². The van der Waals surface area contributed by atoms with Crippen LogP contribution in [0.25, 0.3) is 0 Å². The predicted molar refractivity (Wildman–Crippen MR) is 49.7 cm³/mol. The first-order valence-electron chi connectivity index (χ1n) is 3.47. The summed E-state index contributed by atoms with van der Waals surface area (Å²) >= 11 is 2.76. The molecule has 0 spiro atoms. The van der Waals surface area contributed by atoms with Crippen LogP contribution in [0.2, 0.25) is 0 Å². The Hall–Kier alpha value is -0.970. The number of hydrogen-bond acceptors (Lipinski definition) is 1. The van der Waals surface area contributed by atoms with E-state index in [2.05, 4.69) is 15.9 Å². The van der Waals surface area contributed by atoms with Gasteiger partial charge in [0.1, 0.15) is 11.6 Å². The van der Waals surface area contributed by atoms with E-state index < -0.39 is 11.6 Å². The second-order valence-electron chi connectivity index (χ2n) is 2.54. The van der Waals surface area contributed by atoms with E-state index in [0.717, 1.165) is 6.07 Å². The van der Waals surface area contributed by atoms with Gasteiger partial charge < -0.3 is 5.73 Å². The van der Waals surface area contributed by atoms with Gasteiger partial charge >= 0.3 is 0 Å². The van der Waals surface area contributed by atoms with Crippen molar-refractivity contribution < 1.29 is 8.78 Å². The molecule has 2 nitrogen and oxygen atoms in total. The Morgan fingerprint density at radius 1 is 1.46 bits per heavy atom. The zero-order chi connectivity index (χ0) is 10.0. The molecule has 0 aliphatic rings. The van der Waals surface area contributed by atoms with Crippen LogP contribution in [0.3, 0.4) is 0 Å². The third-order valence-corrected chi connectivity index (χ3v) is 2.22. The van der Waals surface area contributed by atoms with Crippen LogP contribution in [0.5, 0.6) is 0 Å². The van der Waals surface area contributed by atoms with Gasteiger partial charge in [0.2, 0.25) is 0 Å². The van der Waals surface area contributed by atoms with E-state index in [1.54, 1.807) is 0 Å². The number of benzene rings is 1. The highest BCUT2D eigenvalue weighted by Gasteiger charge is 2.11. The molecule has 0 aliphatic heterocycles. The summed E-state index contributed by atoms with van der Waals surface area (Å²) in [5, 5.41) is 6.95. The summed E-state index contributed by atoms with van der Waals surface area (Å²) in [5.74, 6) is -1.52. The fourth-order valence-electron chi connectivity index (χ4n) is 0.908. The molecule has 5 heteroatoms. The standard InChI is InChI=1S/C8H7BrF2N2/c9-7-5(10)2-1-4(8(7)11)3-6(12)13/h1-2H,3H2,(H3,12,13). The molecule has 0 saturated carbocycles. The zero-order valence-corrected chi connectivity index (χ0v) is 8.16. The van der Waals surface area contributed by atoms with Crippen molar-refractivity contribution >= 4 is 21.8 Å². The van der Waals surface area contributed by atoms with Gasteiger partial charge in [-0.25, -0.2) is 8.78 Å². The third kappa shape index (κ3) is 2.24. The highest BCUT2D eigenvalue weighted by atomic mass is 79.9. The van der Waals surface area contributed by atoms with Crippen molar-refractivity contribution in [3.05, 3.63) is 33.8 Å². The Kier molecular flexibility index (Phi) is 2.98. The summed E-state index contributed by atoms with van der Waals surface area (Å²) in [6.07, 6.45) is -0.00921. The van der Waals surface area contributed by atoms with Gasteiger partial charge in [-0.2, -0.15) is 0 Å². The fourth-order valence-corrected chi connectivity index (χ4v) is 1.29. The van der Waals surface area contributed by atoms with Gasteiger partial charge in [0, 0.05) is 6.42 Å². The van der Waals surface area contributed by atoms with Crippen LogP contribution in [0.4, 0.5) is 8.78 Å². The number of nitrogens with one attached hydrogen (secondary N) is 1. The Balaban J connectivity index is 3.10. The zero-order valence-electron chi connectivity index (χ0n) is 6.57. The van der Waals surface area contributed by atoms with Crippen LogP contribution >= 0.6 is 15.9 Å². The van der Waals surface area contributed by atoms with Crippen molar-refractivity contribution in [1.82, 2.24) is 0 Å². The molecule has 1 rings (SSSR count). The molecular formula is C8H7BrF2N2. The van der Waals surface area contributed by atoms with E-state index in [1.807, 2.05) is 0 Å². The largest absolute Gasteiger partial charge is 0.387 e. The lowest BCUT2D eigenvalue weighted by atomic mass is 10.1. The summed E-state index contributed by atoms with van der Waals surface area (Å²) in [5.41, 5.74) is 5.30. The lowest BCUT2D eigenvalue weighted by molar-refractivity contribution is 0.564. The Morgan fingerprint density at radius 3 is 2.62 bits per heavy atom. The van der Waals surface area contributed by atoms with E-state index in [9.17, 15) is 8.78 Å². The van der Waals surface area contributed by atoms with Crippen LogP contribution in [0.1, 0.15) is 5.56 Å². The second kappa shape index (κ2) is 3.83. The minimum absolute atomic E-state index is 0.00921. The molecule has 13 heavy (non-hydrogen) atoms. The Bertz CT molecular complexity index is 352. The minimum Gasteiger partial charge on any atom is -0.387 e. The average molecular weight is 249 g/mol. The van der Waals surface area contributed by atoms with Crippen LogP contribution in [-0.2, 0) is 6.42 Å². The average Bonchev–Trinajstić information content (AvgIpc) is 2.06. The molecule has 0 heterocycles. The van der Waals surface area contributed by atoms with Gasteiger partial charge in [0.05, 0.1) is 10.3 Å². The van der Waals surface area contributed by atoms with E-state index in [-0.39, 0.29) is 22.3 Å². The molecule has 0 atom stereocenters. The van der Waals surface area contributed by atoms with E-state index in [0.29, 0.717) is 0 Å². The molecule has 1 aromatic rings. The molecule has 0 aliphatic carbocycles. The first-order valence-corrected chi connectivity index (χ1v) is 4.27. The van der Waals surface area contributed by atoms with Gasteiger partial charge in [-0.15, -0.1) is 0 Å². The number of rotatable bonds is 2. The van der Waals surface area contributed by atoms with Gasteiger partial charge in [0.25, 0.3) is 0 Å². The molecule has 70 valence electrons.